The third-order valence-electron chi connectivity index (χ3n) is 1.89. The molecule has 13 heavy (non-hydrogen) atoms. The van der Waals surface area contributed by atoms with E-state index in [4.69, 9.17) is 23.2 Å². The molecule has 0 atom stereocenters. The van der Waals surface area contributed by atoms with Crippen LogP contribution in [-0.4, -0.2) is 14.8 Å². The van der Waals surface area contributed by atoms with Gasteiger partial charge in [0.05, 0.1) is 16.1 Å². The molecular formula is C8H7Cl2N3. The minimum absolute atomic E-state index is 0.389. The Bertz CT molecular complexity index is 476. The van der Waals surface area contributed by atoms with Crippen LogP contribution in [0.3, 0.4) is 0 Å². The summed E-state index contributed by atoms with van der Waals surface area (Å²) in [5.74, 6) is 0. The largest absolute Gasteiger partial charge is 0.250 e. The molecule has 2 aromatic heterocycles. The van der Waals surface area contributed by atoms with Gasteiger partial charge >= 0.3 is 0 Å². The lowest BCUT2D eigenvalue weighted by Crippen LogP contribution is -1.91. The lowest BCUT2D eigenvalue weighted by atomic mass is 10.3. The highest BCUT2D eigenvalue weighted by Gasteiger charge is 2.10. The third kappa shape index (κ3) is 1.28. The van der Waals surface area contributed by atoms with Crippen molar-refractivity contribution in [2.75, 3.05) is 0 Å². The predicted molar refractivity (Wildman–Crippen MR) is 53.3 cm³/mol. The lowest BCUT2D eigenvalue weighted by molar-refractivity contribution is 0.774. The molecule has 68 valence electrons. The van der Waals surface area contributed by atoms with Gasteiger partial charge in [-0.2, -0.15) is 5.10 Å². The van der Waals surface area contributed by atoms with Gasteiger partial charge in [0.2, 0.25) is 0 Å². The van der Waals surface area contributed by atoms with E-state index in [9.17, 15) is 0 Å². The standard InChI is InChI=1S/C8H7Cl2N3/c1-4-7-5(9)3-6(10)11-8(7)13(2)12-4/h3H,1-2H3. The molecule has 5 heteroatoms. The van der Waals surface area contributed by atoms with E-state index in [2.05, 4.69) is 10.1 Å². The van der Waals surface area contributed by atoms with Gasteiger partial charge < -0.3 is 0 Å². The summed E-state index contributed by atoms with van der Waals surface area (Å²) < 4.78 is 1.67. The summed E-state index contributed by atoms with van der Waals surface area (Å²) in [6.45, 7) is 1.89. The van der Waals surface area contributed by atoms with Gasteiger partial charge in [-0.05, 0) is 13.0 Å². The number of hydrogen-bond donors (Lipinski definition) is 0. The van der Waals surface area contributed by atoms with Crippen molar-refractivity contribution in [3.63, 3.8) is 0 Å². The van der Waals surface area contributed by atoms with Gasteiger partial charge in [0.1, 0.15) is 5.15 Å². The maximum Gasteiger partial charge on any atom is 0.161 e. The Morgan fingerprint density at radius 1 is 1.38 bits per heavy atom. The Balaban J connectivity index is 2.97. The average Bonchev–Trinajstić information content (AvgIpc) is 2.27. The van der Waals surface area contributed by atoms with Gasteiger partial charge in [-0.1, -0.05) is 23.2 Å². The molecule has 0 aliphatic rings. The summed E-state index contributed by atoms with van der Waals surface area (Å²) in [7, 11) is 1.81. The maximum atomic E-state index is 6.00. The number of fused-ring (bicyclic) bond motifs is 1. The zero-order chi connectivity index (χ0) is 9.59. The van der Waals surface area contributed by atoms with Crippen molar-refractivity contribution in [1.29, 1.82) is 0 Å². The summed E-state index contributed by atoms with van der Waals surface area (Å²) in [5, 5.41) is 6.06. The van der Waals surface area contributed by atoms with Gasteiger partial charge in [-0.15, -0.1) is 0 Å². The molecule has 0 radical (unpaired) electrons. The van der Waals surface area contributed by atoms with E-state index in [-0.39, 0.29) is 0 Å². The molecule has 3 nitrogen and oxygen atoms in total. The van der Waals surface area contributed by atoms with Gasteiger partial charge in [0.25, 0.3) is 0 Å². The fourth-order valence-electron chi connectivity index (χ4n) is 1.36. The molecule has 0 saturated carbocycles. The smallest absolute Gasteiger partial charge is 0.161 e. The van der Waals surface area contributed by atoms with Crippen LogP contribution in [0.5, 0.6) is 0 Å². The molecule has 2 aromatic rings. The van der Waals surface area contributed by atoms with E-state index in [0.29, 0.717) is 10.2 Å². The molecule has 0 saturated heterocycles. The Morgan fingerprint density at radius 3 is 2.77 bits per heavy atom. The Labute approximate surface area is 85.3 Å². The van der Waals surface area contributed by atoms with Crippen LogP contribution in [0, 0.1) is 6.92 Å². The summed E-state index contributed by atoms with van der Waals surface area (Å²) >= 11 is 11.8. The zero-order valence-electron chi connectivity index (χ0n) is 7.17. The second-order valence-electron chi connectivity index (χ2n) is 2.83. The van der Waals surface area contributed by atoms with Crippen LogP contribution in [0.25, 0.3) is 11.0 Å². The van der Waals surface area contributed by atoms with Gasteiger partial charge in [-0.3, -0.25) is 4.68 Å². The molecule has 0 N–H and O–H groups in total. The summed E-state index contributed by atoms with van der Waals surface area (Å²) in [5.41, 5.74) is 1.58. The van der Waals surface area contributed by atoms with Crippen LogP contribution in [-0.2, 0) is 7.05 Å². The molecule has 0 aliphatic heterocycles. The lowest BCUT2D eigenvalue weighted by Gasteiger charge is -1.96. The first kappa shape index (κ1) is 8.78. The molecule has 0 fully saturated rings. The molecule has 0 bridgehead atoms. The second-order valence-corrected chi connectivity index (χ2v) is 3.63. The Kier molecular flexibility index (Phi) is 1.93. The Hall–Kier alpha value is -0.800. The number of nitrogens with zero attached hydrogens (tertiary/aromatic N) is 3. The van der Waals surface area contributed by atoms with Crippen molar-refractivity contribution in [1.82, 2.24) is 14.8 Å². The molecular weight excluding hydrogens is 209 g/mol. The highest BCUT2D eigenvalue weighted by molar-refractivity contribution is 6.37. The highest BCUT2D eigenvalue weighted by Crippen LogP contribution is 2.26. The SMILES string of the molecule is Cc1nn(C)c2nc(Cl)cc(Cl)c12. The van der Waals surface area contributed by atoms with Crippen LogP contribution in [0.1, 0.15) is 5.69 Å². The fourth-order valence-corrected chi connectivity index (χ4v) is 1.93. The summed E-state index contributed by atoms with van der Waals surface area (Å²) in [6.07, 6.45) is 0. The summed E-state index contributed by atoms with van der Waals surface area (Å²) in [6, 6.07) is 1.63. The first-order valence-corrected chi connectivity index (χ1v) is 4.50. The number of rotatable bonds is 0. The number of hydrogen-bond acceptors (Lipinski definition) is 2. The van der Waals surface area contributed by atoms with Gasteiger partial charge in [-0.25, -0.2) is 4.98 Å². The van der Waals surface area contributed by atoms with Crippen LogP contribution in [0.4, 0.5) is 0 Å². The molecule has 2 heterocycles. The van der Waals surface area contributed by atoms with Gasteiger partial charge in [0.15, 0.2) is 5.65 Å². The maximum absolute atomic E-state index is 6.00. The van der Waals surface area contributed by atoms with E-state index < -0.39 is 0 Å². The van der Waals surface area contributed by atoms with E-state index >= 15 is 0 Å². The molecule has 0 amide bonds. The predicted octanol–water partition coefficient (Wildman–Crippen LogP) is 2.58. The molecule has 0 spiro atoms. The van der Waals surface area contributed by atoms with Crippen molar-refractivity contribution in [2.24, 2.45) is 7.05 Å². The van der Waals surface area contributed by atoms with E-state index in [1.165, 1.54) is 0 Å². The highest BCUT2D eigenvalue weighted by atomic mass is 35.5. The van der Waals surface area contributed by atoms with Crippen LogP contribution >= 0.6 is 23.2 Å². The number of aryl methyl sites for hydroxylation is 2. The van der Waals surface area contributed by atoms with Crippen LogP contribution in [0.2, 0.25) is 10.2 Å². The topological polar surface area (TPSA) is 30.7 Å². The molecule has 0 aliphatic carbocycles. The van der Waals surface area contributed by atoms with Crippen molar-refractivity contribution < 1.29 is 0 Å². The third-order valence-corrected chi connectivity index (χ3v) is 2.38. The second kappa shape index (κ2) is 2.86. The fraction of sp³-hybridized carbons (Fsp3) is 0.250. The van der Waals surface area contributed by atoms with Crippen LogP contribution < -0.4 is 0 Å². The molecule has 0 unspecified atom stereocenters. The van der Waals surface area contributed by atoms with Crippen molar-refractivity contribution in [3.8, 4) is 0 Å². The molecule has 2 rings (SSSR count). The Morgan fingerprint density at radius 2 is 2.08 bits per heavy atom. The number of pyridine rings is 1. The van der Waals surface area contributed by atoms with Crippen molar-refractivity contribution in [2.45, 2.75) is 6.92 Å². The monoisotopic (exact) mass is 215 g/mol. The van der Waals surface area contributed by atoms with E-state index in [1.54, 1.807) is 10.7 Å². The summed E-state index contributed by atoms with van der Waals surface area (Å²) in [4.78, 5) is 4.14. The van der Waals surface area contributed by atoms with Gasteiger partial charge in [0, 0.05) is 7.05 Å². The normalized spacial score (nSPS) is 11.1. The number of aromatic nitrogens is 3. The van der Waals surface area contributed by atoms with E-state index in [1.807, 2.05) is 14.0 Å². The van der Waals surface area contributed by atoms with Crippen molar-refractivity contribution in [3.05, 3.63) is 21.9 Å². The zero-order valence-corrected chi connectivity index (χ0v) is 8.69. The minimum atomic E-state index is 0.389. The van der Waals surface area contributed by atoms with E-state index in [0.717, 1.165) is 16.7 Å². The minimum Gasteiger partial charge on any atom is -0.250 e. The van der Waals surface area contributed by atoms with Crippen molar-refractivity contribution >= 4 is 34.2 Å². The first-order valence-electron chi connectivity index (χ1n) is 3.75. The molecule has 0 aromatic carbocycles. The number of halogens is 2. The first-order chi connectivity index (χ1) is 6.09. The van der Waals surface area contributed by atoms with Crippen LogP contribution in [0.15, 0.2) is 6.07 Å². The quantitative estimate of drug-likeness (QED) is 0.633. The average molecular weight is 216 g/mol.